The van der Waals surface area contributed by atoms with Gasteiger partial charge in [-0.3, -0.25) is 58.7 Å². The van der Waals surface area contributed by atoms with E-state index in [9.17, 15) is 43.2 Å². The molecule has 9 N–H and O–H groups in total. The topological polar surface area (TPSA) is 402 Å². The number of halogens is 5. The summed E-state index contributed by atoms with van der Waals surface area (Å²) in [6, 6.07) is 51.9. The first-order chi connectivity index (χ1) is 61.6. The Morgan fingerprint density at radius 1 is 0.423 bits per heavy atom. The van der Waals surface area contributed by atoms with E-state index < -0.39 is 44.2 Å². The molecule has 0 saturated heterocycles. The van der Waals surface area contributed by atoms with E-state index in [1.807, 2.05) is 169 Å². The van der Waals surface area contributed by atoms with Crippen LogP contribution in [0.2, 0.25) is 0 Å². The second-order valence-corrected chi connectivity index (χ2v) is 33.3. The number of carboxylic acids is 1. The van der Waals surface area contributed by atoms with Crippen molar-refractivity contribution >= 4 is 231 Å². The van der Waals surface area contributed by atoms with E-state index in [4.69, 9.17) is 28.0 Å². The number of ether oxygens (including phenoxy) is 2. The number of aryl methyl sites for hydroxylation is 1. The first kappa shape index (κ1) is 112. The maximum atomic E-state index is 12.0. The van der Waals surface area contributed by atoms with Crippen LogP contribution in [0.5, 0.6) is 0 Å². The Morgan fingerprint density at radius 2 is 0.723 bits per heavy atom. The number of hydrogen-bond acceptors (Lipinski definition) is 20. The third kappa shape index (κ3) is 37.3. The molecular weight excluding hydrogens is 2050 g/mol. The number of aldehydes is 1. The summed E-state index contributed by atoms with van der Waals surface area (Å²) < 4.78 is 31.7. The van der Waals surface area contributed by atoms with Crippen LogP contribution in [0.1, 0.15) is 145 Å². The van der Waals surface area contributed by atoms with Gasteiger partial charge in [0.2, 0.25) is 5.91 Å². The van der Waals surface area contributed by atoms with Gasteiger partial charge >= 0.3 is 40.6 Å². The predicted octanol–water partition coefficient (Wildman–Crippen LogP) is 21.3. The molecular formula is C97H104Br5N13O14Se. The third-order valence-corrected chi connectivity index (χ3v) is 20.0. The van der Waals surface area contributed by atoms with Gasteiger partial charge in [-0.15, -0.1) is 0 Å². The van der Waals surface area contributed by atoms with Gasteiger partial charge in [-0.05, 0) is 238 Å². The zero-order valence-electron chi connectivity index (χ0n) is 74.5. The standard InChI is InChI=1S/C19H23N3O3.C16H17N3O2.C11H9BrN2O.C10H6BrNO2.C10H6BrNO.C10H8BrN.C9H17NO2.C6H6BrN.C4H6O.C2H6.O2Se/c1-12(11-22-18(24)25-19(2,3)4)13-7-6-8-14-15(17(23)20-5)9-10-21-16(13)14;1-10(9-19-11(2)20)12-5-4-6-13-14(16(21)17-3)7-8-18-15(12)13;1-13-11(15)8-5-6-14-10-7(8)3-2-4-9(10)12;11-8-3-1-2-6-7(10(13)14)4-5-12-9(6)8;11-9-3-1-2-8-7(6-13)4-5-12-10(8)9;1-7-5-6-12-10-8(7)3-2-4-9(10)11;1-7(2)6-10-8(11)12-9(3,4)5;7-5-3-1-2-4-6(5)8;1-3-4(2)5;1-2;1-3-2/h6-10H,1,11H2,2-5H3,(H,20,23)(H,22,24);4-8H,1,9H2,2-3H3,(H,17,21)(H,19,20);2-6H,1H3,(H,13,15);1-5H,(H,13,14);1-6H;2-6H,1H3;1,6H2,2-5H3,(H,10,11);1-4H,8H2;3H,1H2,2H3;1-2H3;. The Hall–Kier alpha value is -12.5. The number of aromatic nitrogens is 6. The quantitative estimate of drug-likeness (QED) is 0.0165. The molecule has 0 saturated carbocycles. The van der Waals surface area contributed by atoms with Gasteiger partial charge in [0.25, 0.3) is 17.7 Å². The molecule has 0 spiro atoms. The number of rotatable bonds is 14. The molecule has 0 aliphatic carbocycles. The number of para-hydroxylation sites is 7. The van der Waals surface area contributed by atoms with Crippen molar-refractivity contribution < 1.29 is 65.4 Å². The van der Waals surface area contributed by atoms with Gasteiger partial charge < -0.3 is 52.2 Å². The molecule has 6 amide bonds. The normalized spacial score (nSPS) is 10.0. The molecule has 130 heavy (non-hydrogen) atoms. The molecule has 6 aromatic heterocycles. The maximum absolute atomic E-state index is 12.0. The molecule has 0 atom stereocenters. The van der Waals surface area contributed by atoms with E-state index in [0.717, 1.165) is 94.7 Å². The zero-order chi connectivity index (χ0) is 97.5. The van der Waals surface area contributed by atoms with Gasteiger partial charge in [-0.1, -0.05) is 143 Å². The van der Waals surface area contributed by atoms with E-state index in [2.05, 4.69) is 181 Å². The van der Waals surface area contributed by atoms with E-state index in [0.29, 0.717) is 62.9 Å². The number of pyridine rings is 6. The fraction of sp³-hybridized carbons (Fsp3) is 0.206. The van der Waals surface area contributed by atoms with Crippen LogP contribution in [0.15, 0.2) is 267 Å². The summed E-state index contributed by atoms with van der Waals surface area (Å²) in [5, 5.41) is 29.8. The number of anilines is 1. The minimum absolute atomic E-state index is 0.0185. The van der Waals surface area contributed by atoms with Crippen LogP contribution >= 0.6 is 79.6 Å². The van der Waals surface area contributed by atoms with Crippen LogP contribution in [0, 0.1) is 6.92 Å². The van der Waals surface area contributed by atoms with Crippen molar-refractivity contribution in [1.29, 1.82) is 0 Å². The van der Waals surface area contributed by atoms with E-state index >= 15 is 0 Å². The van der Waals surface area contributed by atoms with Crippen LogP contribution < -0.4 is 37.6 Å². The molecule has 13 rings (SSSR count). The van der Waals surface area contributed by atoms with Crippen molar-refractivity contribution in [3.05, 3.63) is 312 Å². The van der Waals surface area contributed by atoms with Crippen molar-refractivity contribution in [1.82, 2.24) is 61.8 Å². The molecule has 0 aliphatic heterocycles. The molecule has 6 heterocycles. The first-order valence-electron chi connectivity index (χ1n) is 39.6. The molecule has 7 aromatic carbocycles. The second kappa shape index (κ2) is 57.4. The molecule has 33 heteroatoms. The van der Waals surface area contributed by atoms with Crippen molar-refractivity contribution in [2.24, 2.45) is 0 Å². The Kier molecular flexibility index (Phi) is 49.3. The summed E-state index contributed by atoms with van der Waals surface area (Å²) in [5.41, 5.74) is 17.9. The summed E-state index contributed by atoms with van der Waals surface area (Å²) in [6.45, 7) is 37.7. The molecule has 0 fully saturated rings. The third-order valence-electron chi connectivity index (χ3n) is 16.7. The number of fused-ring (bicyclic) bond motifs is 6. The van der Waals surface area contributed by atoms with Gasteiger partial charge in [0.05, 0.1) is 55.4 Å². The SMILES string of the molecule is C=C(C)CNC(=O)OC(C)(C)C.C=C(CNC(=O)OC(C)(C)C)c1cccc2c(C(=O)NC)ccnc12.C=C(CNC(C)=O)c1cccc2c(C(=O)NC)ccnc12.C=CC(C)=O.CC.CNC(=O)c1ccnc2c(Br)cccc12.Cc1ccnc2c(Br)cccc12.Nc1ccccc1Br.O=C(O)c1ccnc2c(Br)cccc12.O=Cc1ccnc2c(Br)cccc12.O=[Se]=O. The monoisotopic (exact) mass is 2150 g/mol. The zero-order valence-corrected chi connectivity index (χ0v) is 84.2. The molecule has 0 bridgehead atoms. The van der Waals surface area contributed by atoms with Gasteiger partial charge in [0, 0.05) is 162 Å². The fourth-order valence-corrected chi connectivity index (χ4v) is 13.0. The molecule has 0 unspecified atom stereocenters. The molecule has 682 valence electrons. The van der Waals surface area contributed by atoms with Crippen LogP contribution in [0.4, 0.5) is 15.3 Å². The summed E-state index contributed by atoms with van der Waals surface area (Å²) in [5.74, 6) is -1.47. The molecule has 0 radical (unpaired) electrons. The summed E-state index contributed by atoms with van der Waals surface area (Å²) >= 11 is 15.2. The van der Waals surface area contributed by atoms with Gasteiger partial charge in [0.1, 0.15) is 11.2 Å². The van der Waals surface area contributed by atoms with E-state index in [-0.39, 0.29) is 41.5 Å². The Bertz CT molecular complexity index is 6160. The fourth-order valence-electron chi connectivity index (χ4n) is 10.9. The number of allylic oxidation sites excluding steroid dienone is 1. The van der Waals surface area contributed by atoms with Gasteiger partial charge in [0.15, 0.2) is 12.1 Å². The van der Waals surface area contributed by atoms with Crippen LogP contribution in [-0.2, 0) is 26.7 Å². The minimum atomic E-state index is -1.62. The summed E-state index contributed by atoms with van der Waals surface area (Å²) in [6.07, 6.45) is 11.0. The number of nitrogen functional groups attached to an aromatic ring is 1. The number of nitrogens with one attached hydrogen (secondary N) is 6. The molecule has 0 aliphatic rings. The summed E-state index contributed by atoms with van der Waals surface area (Å²) in [4.78, 5) is 126. The number of hydrogen-bond donors (Lipinski definition) is 8. The number of ketones is 1. The van der Waals surface area contributed by atoms with Crippen molar-refractivity contribution in [3.63, 3.8) is 0 Å². The Labute approximate surface area is 803 Å². The van der Waals surface area contributed by atoms with Gasteiger partial charge in [-0.2, -0.15) is 0 Å². The number of amides is 6. The summed E-state index contributed by atoms with van der Waals surface area (Å²) in [7, 11) is 4.79. The molecule has 13 aromatic rings. The Balaban J connectivity index is 0.000000383. The number of alkyl carbamates (subject to hydrolysis) is 2. The number of nitrogens with zero attached hydrogens (tertiary/aromatic N) is 6. The number of carbonyl (C=O) groups is 9. The van der Waals surface area contributed by atoms with Crippen molar-refractivity contribution in [2.75, 3.05) is 46.5 Å². The predicted molar refractivity (Wildman–Crippen MR) is 536 cm³/mol. The van der Waals surface area contributed by atoms with E-state index in [1.165, 1.54) is 43.1 Å². The number of carboxylic acid groups (broad SMARTS) is 1. The number of benzene rings is 7. The van der Waals surface area contributed by atoms with Crippen molar-refractivity contribution in [3.8, 4) is 0 Å². The second-order valence-electron chi connectivity index (χ2n) is 28.8. The van der Waals surface area contributed by atoms with Crippen molar-refractivity contribution in [2.45, 2.75) is 94.3 Å². The van der Waals surface area contributed by atoms with Crippen LogP contribution in [-0.4, -0.2) is 156 Å². The van der Waals surface area contributed by atoms with Crippen LogP contribution in [0.25, 0.3) is 76.6 Å². The first-order valence-corrected chi connectivity index (χ1v) is 44.9. The van der Waals surface area contributed by atoms with Gasteiger partial charge in [-0.25, -0.2) is 14.4 Å². The number of nitrogens with two attached hydrogens (primary N) is 1. The Morgan fingerprint density at radius 3 is 1.05 bits per heavy atom. The average Bonchev–Trinajstić information content (AvgIpc) is 0.633. The number of carbonyl (C=O) groups excluding carboxylic acids is 8. The average molecular weight is 2150 g/mol. The number of aromatic carboxylic acids is 1. The van der Waals surface area contributed by atoms with E-state index in [1.54, 1.807) is 103 Å². The van der Waals surface area contributed by atoms with Crippen LogP contribution in [0.3, 0.4) is 0 Å². The molecule has 27 nitrogen and oxygen atoms in total.